The molecule has 0 spiro atoms. The summed E-state index contributed by atoms with van der Waals surface area (Å²) >= 11 is 0. The van der Waals surface area contributed by atoms with Gasteiger partial charge in [0, 0.05) is 6.04 Å². The van der Waals surface area contributed by atoms with Crippen LogP contribution < -0.4 is 15.8 Å². The van der Waals surface area contributed by atoms with E-state index in [1.807, 2.05) is 13.8 Å². The second kappa shape index (κ2) is 7.36. The van der Waals surface area contributed by atoms with Crippen LogP contribution >= 0.6 is 0 Å². The van der Waals surface area contributed by atoms with Crippen molar-refractivity contribution in [2.75, 3.05) is 6.61 Å². The van der Waals surface area contributed by atoms with Gasteiger partial charge < -0.3 is 15.8 Å². The lowest BCUT2D eigenvalue weighted by atomic mass is 9.94. The highest BCUT2D eigenvalue weighted by Gasteiger charge is 2.30. The predicted octanol–water partition coefficient (Wildman–Crippen LogP) is 2.37. The van der Waals surface area contributed by atoms with Crippen molar-refractivity contribution in [2.24, 2.45) is 5.73 Å². The smallest absolute Gasteiger partial charge is 0.237 e. The molecule has 21 heavy (non-hydrogen) atoms. The molecule has 0 heterocycles. The molecule has 1 aromatic rings. The van der Waals surface area contributed by atoms with Crippen LogP contribution in [0.5, 0.6) is 5.75 Å². The maximum absolute atomic E-state index is 13.4. The third-order valence-electron chi connectivity index (χ3n) is 3.14. The van der Waals surface area contributed by atoms with Crippen LogP contribution in [0.3, 0.4) is 0 Å². The van der Waals surface area contributed by atoms with Crippen LogP contribution in [0, 0.1) is 11.6 Å². The zero-order valence-electron chi connectivity index (χ0n) is 12.6. The third kappa shape index (κ3) is 4.97. The molecular formula is C15H22F2N2O2. The summed E-state index contributed by atoms with van der Waals surface area (Å²) in [6.45, 7) is 5.62. The normalized spacial score (nSPS) is 14.0. The van der Waals surface area contributed by atoms with Crippen molar-refractivity contribution in [1.82, 2.24) is 5.32 Å². The topological polar surface area (TPSA) is 64.3 Å². The first-order valence-electron chi connectivity index (χ1n) is 6.90. The summed E-state index contributed by atoms with van der Waals surface area (Å²) in [5, 5.41) is 3.10. The van der Waals surface area contributed by atoms with Crippen LogP contribution in [0.25, 0.3) is 0 Å². The molecule has 1 rings (SSSR count). The average molecular weight is 300 g/mol. The van der Waals surface area contributed by atoms with E-state index in [0.29, 0.717) is 12.8 Å². The van der Waals surface area contributed by atoms with E-state index >= 15 is 0 Å². The minimum atomic E-state index is -0.870. The minimum absolute atomic E-state index is 0.0902. The Bertz CT molecular complexity index is 474. The van der Waals surface area contributed by atoms with Crippen LogP contribution in [0.1, 0.15) is 33.6 Å². The molecule has 0 aliphatic carbocycles. The summed E-state index contributed by atoms with van der Waals surface area (Å²) in [6, 6.07) is 3.62. The van der Waals surface area contributed by atoms with Crippen molar-refractivity contribution in [3.8, 4) is 5.75 Å². The molecule has 1 aromatic carbocycles. The predicted molar refractivity (Wildman–Crippen MR) is 77.0 cm³/mol. The Kier molecular flexibility index (Phi) is 6.08. The van der Waals surface area contributed by atoms with Crippen LogP contribution in [-0.2, 0) is 4.79 Å². The molecule has 3 N–H and O–H groups in total. The van der Waals surface area contributed by atoms with E-state index in [2.05, 4.69) is 5.32 Å². The fraction of sp³-hybridized carbons (Fsp3) is 0.533. The Morgan fingerprint density at radius 3 is 2.43 bits per heavy atom. The number of rotatable bonds is 8. The number of hydrogen-bond donors (Lipinski definition) is 2. The molecule has 6 heteroatoms. The Labute approximate surface area is 123 Å². The number of carbonyl (C=O) groups is 1. The SMILES string of the molecule is CC(C)NC(C)(CCCOc1c(F)cccc1F)C(N)=O. The number of carbonyl (C=O) groups excluding carboxylic acids is 1. The largest absolute Gasteiger partial charge is 0.488 e. The van der Waals surface area contributed by atoms with Crippen LogP contribution in [-0.4, -0.2) is 24.1 Å². The van der Waals surface area contributed by atoms with Gasteiger partial charge in [0.2, 0.25) is 5.91 Å². The summed E-state index contributed by atoms with van der Waals surface area (Å²) in [7, 11) is 0. The molecule has 1 unspecified atom stereocenters. The minimum Gasteiger partial charge on any atom is -0.488 e. The second-order valence-electron chi connectivity index (χ2n) is 5.50. The highest BCUT2D eigenvalue weighted by Crippen LogP contribution is 2.21. The molecule has 0 aliphatic heterocycles. The van der Waals surface area contributed by atoms with E-state index in [0.717, 1.165) is 12.1 Å². The number of hydrogen-bond acceptors (Lipinski definition) is 3. The zero-order valence-corrected chi connectivity index (χ0v) is 12.6. The molecule has 0 aromatic heterocycles. The van der Waals surface area contributed by atoms with Gasteiger partial charge in [-0.05, 0) is 45.7 Å². The third-order valence-corrected chi connectivity index (χ3v) is 3.14. The Balaban J connectivity index is 2.54. The highest BCUT2D eigenvalue weighted by atomic mass is 19.1. The molecular weight excluding hydrogens is 278 g/mol. The number of benzene rings is 1. The molecule has 0 saturated heterocycles. The highest BCUT2D eigenvalue weighted by molar-refractivity contribution is 5.84. The Morgan fingerprint density at radius 2 is 1.95 bits per heavy atom. The van der Waals surface area contributed by atoms with Gasteiger partial charge in [-0.15, -0.1) is 0 Å². The van der Waals surface area contributed by atoms with E-state index in [1.54, 1.807) is 6.92 Å². The maximum Gasteiger partial charge on any atom is 0.237 e. The number of para-hydroxylation sites is 1. The maximum atomic E-state index is 13.4. The molecule has 0 bridgehead atoms. The first kappa shape index (κ1) is 17.4. The molecule has 0 radical (unpaired) electrons. The van der Waals surface area contributed by atoms with E-state index in [4.69, 9.17) is 10.5 Å². The molecule has 1 amide bonds. The number of nitrogens with two attached hydrogens (primary N) is 1. The van der Waals surface area contributed by atoms with Gasteiger partial charge in [-0.25, -0.2) is 8.78 Å². The molecule has 0 aliphatic rings. The summed E-state index contributed by atoms with van der Waals surface area (Å²) < 4.78 is 31.8. The van der Waals surface area contributed by atoms with E-state index in [-0.39, 0.29) is 12.6 Å². The second-order valence-corrected chi connectivity index (χ2v) is 5.50. The van der Waals surface area contributed by atoms with Crippen molar-refractivity contribution in [3.63, 3.8) is 0 Å². The monoisotopic (exact) mass is 300 g/mol. The quantitative estimate of drug-likeness (QED) is 0.724. The van der Waals surface area contributed by atoms with Gasteiger partial charge in [-0.1, -0.05) is 6.07 Å². The number of amides is 1. The fourth-order valence-corrected chi connectivity index (χ4v) is 2.12. The van der Waals surface area contributed by atoms with Gasteiger partial charge in [-0.3, -0.25) is 4.79 Å². The molecule has 1 atom stereocenters. The van der Waals surface area contributed by atoms with Crippen molar-refractivity contribution in [2.45, 2.75) is 45.2 Å². The van der Waals surface area contributed by atoms with Crippen molar-refractivity contribution in [3.05, 3.63) is 29.8 Å². The first-order chi connectivity index (χ1) is 9.76. The van der Waals surface area contributed by atoms with Gasteiger partial charge in [0.05, 0.1) is 12.1 Å². The molecule has 118 valence electrons. The van der Waals surface area contributed by atoms with Gasteiger partial charge in [0.15, 0.2) is 17.4 Å². The lowest BCUT2D eigenvalue weighted by Gasteiger charge is -2.29. The Hall–Kier alpha value is -1.69. The number of halogens is 2. The van der Waals surface area contributed by atoms with Crippen LogP contribution in [0.4, 0.5) is 8.78 Å². The first-order valence-corrected chi connectivity index (χ1v) is 6.90. The lowest BCUT2D eigenvalue weighted by Crippen LogP contribution is -2.55. The van der Waals surface area contributed by atoms with Gasteiger partial charge in [0.1, 0.15) is 0 Å². The van der Waals surface area contributed by atoms with E-state index in [1.165, 1.54) is 6.07 Å². The van der Waals surface area contributed by atoms with Crippen molar-refractivity contribution < 1.29 is 18.3 Å². The summed E-state index contributed by atoms with van der Waals surface area (Å²) in [5.41, 5.74) is 4.53. The Morgan fingerprint density at radius 1 is 1.38 bits per heavy atom. The zero-order chi connectivity index (χ0) is 16.0. The molecule has 0 saturated carbocycles. The standard InChI is InChI=1S/C15H22F2N2O2/c1-10(2)19-15(3,14(18)20)8-5-9-21-13-11(16)6-4-7-12(13)17/h4,6-7,10,19H,5,8-9H2,1-3H3,(H2,18,20). The summed E-state index contributed by atoms with van der Waals surface area (Å²) in [4.78, 5) is 11.5. The number of primary amides is 1. The summed E-state index contributed by atoms with van der Waals surface area (Å²) in [6.07, 6.45) is 0.851. The van der Waals surface area contributed by atoms with Gasteiger partial charge in [-0.2, -0.15) is 0 Å². The van der Waals surface area contributed by atoms with Crippen molar-refractivity contribution in [1.29, 1.82) is 0 Å². The van der Waals surface area contributed by atoms with Crippen molar-refractivity contribution >= 4 is 5.91 Å². The summed E-state index contributed by atoms with van der Waals surface area (Å²) in [5.74, 6) is -2.34. The molecule has 0 fully saturated rings. The number of nitrogens with one attached hydrogen (secondary N) is 1. The number of ether oxygens (including phenoxy) is 1. The average Bonchev–Trinajstić information content (AvgIpc) is 2.36. The van der Waals surface area contributed by atoms with Gasteiger partial charge >= 0.3 is 0 Å². The van der Waals surface area contributed by atoms with E-state index < -0.39 is 28.8 Å². The van der Waals surface area contributed by atoms with Crippen LogP contribution in [0.2, 0.25) is 0 Å². The fourth-order valence-electron chi connectivity index (χ4n) is 2.12. The lowest BCUT2D eigenvalue weighted by molar-refractivity contribution is -0.124. The van der Waals surface area contributed by atoms with Crippen LogP contribution in [0.15, 0.2) is 18.2 Å². The molecule has 4 nitrogen and oxygen atoms in total. The van der Waals surface area contributed by atoms with Gasteiger partial charge in [0.25, 0.3) is 0 Å². The van der Waals surface area contributed by atoms with E-state index in [9.17, 15) is 13.6 Å².